The largest absolute Gasteiger partial charge is 0.481 e. The Morgan fingerprint density at radius 2 is 2.05 bits per heavy atom. The van der Waals surface area contributed by atoms with Crippen LogP contribution in [0.5, 0.6) is 0 Å². The minimum atomic E-state index is -0.831. The molecular weight excluding hydrogens is 269 g/mol. The van der Waals surface area contributed by atoms with Gasteiger partial charge in [0.2, 0.25) is 0 Å². The zero-order chi connectivity index (χ0) is 15.8. The number of benzene rings is 1. The molecule has 114 valence electrons. The number of aliphatic carboxylic acids is 1. The molecule has 4 heteroatoms. The molecule has 3 nitrogen and oxygen atoms in total. The van der Waals surface area contributed by atoms with Crippen LogP contribution < -0.4 is 0 Å². The molecule has 1 rings (SSSR count). The Labute approximate surface area is 125 Å². The van der Waals surface area contributed by atoms with E-state index in [1.54, 1.807) is 19.1 Å². The zero-order valence-corrected chi connectivity index (χ0v) is 12.7. The Hall–Kier alpha value is -1.97. The molecule has 0 atom stereocenters. The van der Waals surface area contributed by atoms with Gasteiger partial charge in [0, 0.05) is 5.71 Å². The van der Waals surface area contributed by atoms with Gasteiger partial charge in [-0.1, -0.05) is 19.9 Å². The van der Waals surface area contributed by atoms with E-state index in [4.69, 9.17) is 5.11 Å². The van der Waals surface area contributed by atoms with E-state index in [9.17, 15) is 9.18 Å². The van der Waals surface area contributed by atoms with Crippen molar-refractivity contribution < 1.29 is 14.3 Å². The van der Waals surface area contributed by atoms with Crippen molar-refractivity contribution in [1.82, 2.24) is 0 Å². The monoisotopic (exact) mass is 291 g/mol. The van der Waals surface area contributed by atoms with Crippen LogP contribution in [0.1, 0.15) is 50.2 Å². The summed E-state index contributed by atoms with van der Waals surface area (Å²) in [6.07, 6.45) is 3.25. The number of hydrogen-bond acceptors (Lipinski definition) is 2. The second kappa shape index (κ2) is 8.35. The summed E-state index contributed by atoms with van der Waals surface area (Å²) in [5.41, 5.74) is 2.70. The van der Waals surface area contributed by atoms with Crippen molar-refractivity contribution in [3.8, 4) is 0 Å². The molecule has 0 radical (unpaired) electrons. The van der Waals surface area contributed by atoms with Crippen molar-refractivity contribution in [2.45, 2.75) is 46.0 Å². The molecule has 1 aromatic carbocycles. The summed E-state index contributed by atoms with van der Waals surface area (Å²) in [7, 11) is 0. The number of nitrogens with zero attached hydrogens (tertiary/aromatic N) is 1. The van der Waals surface area contributed by atoms with Crippen LogP contribution in [0.25, 0.3) is 5.70 Å². The van der Waals surface area contributed by atoms with E-state index in [-0.39, 0.29) is 12.2 Å². The number of aryl methyl sites for hydroxylation is 1. The third-order valence-electron chi connectivity index (χ3n) is 3.23. The topological polar surface area (TPSA) is 49.7 Å². The highest BCUT2D eigenvalue weighted by Crippen LogP contribution is 2.19. The number of carboxylic acids is 1. The predicted octanol–water partition coefficient (Wildman–Crippen LogP) is 4.60. The summed E-state index contributed by atoms with van der Waals surface area (Å²) in [4.78, 5) is 15.2. The van der Waals surface area contributed by atoms with E-state index in [0.29, 0.717) is 17.7 Å². The standard InChI is InChI=1S/C17H22FNO2/c1-4-5-6-15(8-10-17(20)21)19-13(3)14-7-9-16(18)12(2)11-14/h7,9,11H,3-6,8,10H2,1-2H3,(H,20,21). The molecular formula is C17H22FNO2. The molecule has 0 aliphatic heterocycles. The second-order valence-corrected chi connectivity index (χ2v) is 5.09. The Bertz CT molecular complexity index is 550. The van der Waals surface area contributed by atoms with Gasteiger partial charge in [-0.3, -0.25) is 9.79 Å². The molecule has 0 saturated heterocycles. The Morgan fingerprint density at radius 3 is 2.62 bits per heavy atom. The maximum atomic E-state index is 13.3. The van der Waals surface area contributed by atoms with Gasteiger partial charge in [0.25, 0.3) is 0 Å². The van der Waals surface area contributed by atoms with E-state index < -0.39 is 5.97 Å². The molecule has 0 unspecified atom stereocenters. The molecule has 0 spiro atoms. The quantitative estimate of drug-likeness (QED) is 0.711. The summed E-state index contributed by atoms with van der Waals surface area (Å²) < 4.78 is 13.3. The fourth-order valence-corrected chi connectivity index (χ4v) is 1.95. The van der Waals surface area contributed by atoms with Crippen LogP contribution in [-0.2, 0) is 4.79 Å². The summed E-state index contributed by atoms with van der Waals surface area (Å²) in [6, 6.07) is 4.74. The number of halogens is 1. The Morgan fingerprint density at radius 1 is 1.33 bits per heavy atom. The van der Waals surface area contributed by atoms with E-state index >= 15 is 0 Å². The van der Waals surface area contributed by atoms with Gasteiger partial charge >= 0.3 is 5.97 Å². The van der Waals surface area contributed by atoms with Gasteiger partial charge in [-0.15, -0.1) is 0 Å². The molecule has 0 aliphatic rings. The van der Waals surface area contributed by atoms with Gasteiger partial charge in [0.1, 0.15) is 5.82 Å². The van der Waals surface area contributed by atoms with Crippen LogP contribution in [0.3, 0.4) is 0 Å². The van der Waals surface area contributed by atoms with Gasteiger partial charge in [-0.25, -0.2) is 4.39 Å². The first-order valence-electron chi connectivity index (χ1n) is 7.17. The lowest BCUT2D eigenvalue weighted by Gasteiger charge is -2.08. The van der Waals surface area contributed by atoms with Crippen molar-refractivity contribution in [2.24, 2.45) is 4.99 Å². The second-order valence-electron chi connectivity index (χ2n) is 5.09. The van der Waals surface area contributed by atoms with Crippen LogP contribution in [-0.4, -0.2) is 16.8 Å². The number of hydrogen-bond donors (Lipinski definition) is 1. The fourth-order valence-electron chi connectivity index (χ4n) is 1.95. The summed E-state index contributed by atoms with van der Waals surface area (Å²) in [6.45, 7) is 7.68. The Kier molecular flexibility index (Phi) is 6.79. The molecule has 0 fully saturated rings. The molecule has 0 amide bonds. The summed E-state index contributed by atoms with van der Waals surface area (Å²) >= 11 is 0. The molecule has 0 aromatic heterocycles. The van der Waals surface area contributed by atoms with Crippen LogP contribution in [0, 0.1) is 12.7 Å². The third-order valence-corrected chi connectivity index (χ3v) is 3.23. The van der Waals surface area contributed by atoms with Crippen molar-refractivity contribution in [1.29, 1.82) is 0 Å². The third kappa shape index (κ3) is 5.90. The minimum absolute atomic E-state index is 0.0677. The number of aliphatic imine (C=N–C) groups is 1. The van der Waals surface area contributed by atoms with Crippen molar-refractivity contribution >= 4 is 17.4 Å². The van der Waals surface area contributed by atoms with Crippen LogP contribution in [0.2, 0.25) is 0 Å². The lowest BCUT2D eigenvalue weighted by atomic mass is 10.1. The minimum Gasteiger partial charge on any atom is -0.481 e. The Balaban J connectivity index is 2.87. The first-order valence-corrected chi connectivity index (χ1v) is 7.17. The zero-order valence-electron chi connectivity index (χ0n) is 12.7. The van der Waals surface area contributed by atoms with Gasteiger partial charge < -0.3 is 5.11 Å². The molecule has 21 heavy (non-hydrogen) atoms. The first-order chi connectivity index (χ1) is 9.93. The van der Waals surface area contributed by atoms with E-state index in [0.717, 1.165) is 30.5 Å². The average molecular weight is 291 g/mol. The van der Waals surface area contributed by atoms with E-state index in [2.05, 4.69) is 18.5 Å². The maximum absolute atomic E-state index is 13.3. The maximum Gasteiger partial charge on any atom is 0.303 e. The van der Waals surface area contributed by atoms with Gasteiger partial charge in [0.15, 0.2) is 0 Å². The highest BCUT2D eigenvalue weighted by molar-refractivity contribution is 5.91. The number of carboxylic acid groups (broad SMARTS) is 1. The van der Waals surface area contributed by atoms with Crippen molar-refractivity contribution in [3.63, 3.8) is 0 Å². The molecule has 0 saturated carbocycles. The summed E-state index contributed by atoms with van der Waals surface area (Å²) in [5.74, 6) is -1.09. The number of rotatable bonds is 8. The number of unbranched alkanes of at least 4 members (excludes halogenated alkanes) is 1. The lowest BCUT2D eigenvalue weighted by molar-refractivity contribution is -0.136. The first kappa shape index (κ1) is 17.1. The van der Waals surface area contributed by atoms with Gasteiger partial charge in [-0.05, 0) is 55.5 Å². The van der Waals surface area contributed by atoms with Crippen LogP contribution >= 0.6 is 0 Å². The lowest BCUT2D eigenvalue weighted by Crippen LogP contribution is -2.04. The highest BCUT2D eigenvalue weighted by Gasteiger charge is 2.07. The van der Waals surface area contributed by atoms with Gasteiger partial charge in [0.05, 0.1) is 12.1 Å². The van der Waals surface area contributed by atoms with E-state index in [1.807, 2.05) is 0 Å². The SMILES string of the molecule is C=C(N=C(CCCC)CCC(=O)O)c1ccc(F)c(C)c1. The predicted molar refractivity (Wildman–Crippen MR) is 84.0 cm³/mol. The van der Waals surface area contributed by atoms with Gasteiger partial charge in [-0.2, -0.15) is 0 Å². The highest BCUT2D eigenvalue weighted by atomic mass is 19.1. The smallest absolute Gasteiger partial charge is 0.303 e. The van der Waals surface area contributed by atoms with Crippen LogP contribution in [0.4, 0.5) is 4.39 Å². The van der Waals surface area contributed by atoms with Crippen LogP contribution in [0.15, 0.2) is 29.8 Å². The van der Waals surface area contributed by atoms with Crippen molar-refractivity contribution in [2.75, 3.05) is 0 Å². The molecule has 0 heterocycles. The molecule has 0 bridgehead atoms. The molecule has 0 aliphatic carbocycles. The average Bonchev–Trinajstić information content (AvgIpc) is 2.44. The number of carbonyl (C=O) groups is 1. The summed E-state index contributed by atoms with van der Waals surface area (Å²) in [5, 5.41) is 8.79. The normalized spacial score (nSPS) is 11.5. The fraction of sp³-hybridized carbons (Fsp3) is 0.412. The van der Waals surface area contributed by atoms with Crippen molar-refractivity contribution in [3.05, 3.63) is 41.7 Å². The molecule has 1 aromatic rings. The van der Waals surface area contributed by atoms with E-state index in [1.165, 1.54) is 6.07 Å². The molecule has 1 N–H and O–H groups in total.